The van der Waals surface area contributed by atoms with E-state index in [1.54, 1.807) is 7.11 Å². The second-order valence-electron chi connectivity index (χ2n) is 6.16. The van der Waals surface area contributed by atoms with Crippen molar-refractivity contribution in [3.63, 3.8) is 0 Å². The van der Waals surface area contributed by atoms with Gasteiger partial charge in [0.05, 0.1) is 12.9 Å². The van der Waals surface area contributed by atoms with Crippen molar-refractivity contribution in [2.24, 2.45) is 0 Å². The molecule has 1 atom stereocenters. The van der Waals surface area contributed by atoms with E-state index in [0.717, 1.165) is 43.5 Å². The Morgan fingerprint density at radius 3 is 2.58 bits per heavy atom. The fraction of sp³-hybridized carbons (Fsp3) is 0.588. The SMILES string of the molecule is COc1ccc(C2CCCCCN2CCS(=O)(=O)CC(=O)O)cc1. The molecule has 1 aromatic rings. The summed E-state index contributed by atoms with van der Waals surface area (Å²) in [6.45, 7) is 1.20. The molecule has 2 rings (SSSR count). The molecule has 1 unspecified atom stereocenters. The summed E-state index contributed by atoms with van der Waals surface area (Å²) in [7, 11) is -1.94. The number of methoxy groups -OCH3 is 1. The van der Waals surface area contributed by atoms with Crippen LogP contribution < -0.4 is 4.74 Å². The molecular weight excluding hydrogens is 330 g/mol. The van der Waals surface area contributed by atoms with E-state index >= 15 is 0 Å². The fourth-order valence-electron chi connectivity index (χ4n) is 3.16. The lowest BCUT2D eigenvalue weighted by molar-refractivity contribution is -0.134. The monoisotopic (exact) mass is 355 g/mol. The lowest BCUT2D eigenvalue weighted by Crippen LogP contribution is -2.34. The van der Waals surface area contributed by atoms with E-state index in [1.165, 1.54) is 0 Å². The van der Waals surface area contributed by atoms with Crippen LogP contribution in [0.15, 0.2) is 24.3 Å². The van der Waals surface area contributed by atoms with E-state index < -0.39 is 21.6 Å². The minimum Gasteiger partial charge on any atom is -0.497 e. The number of nitrogens with zero attached hydrogens (tertiary/aromatic N) is 1. The lowest BCUT2D eigenvalue weighted by atomic mass is 10.0. The Labute approximate surface area is 143 Å². The Balaban J connectivity index is 2.10. The Hall–Kier alpha value is -1.60. The molecule has 6 nitrogen and oxygen atoms in total. The first-order chi connectivity index (χ1) is 11.4. The van der Waals surface area contributed by atoms with Gasteiger partial charge in [0.2, 0.25) is 0 Å². The molecule has 134 valence electrons. The van der Waals surface area contributed by atoms with Crippen LogP contribution in [0.4, 0.5) is 0 Å². The predicted octanol–water partition coefficient (Wildman–Crippen LogP) is 2.11. The van der Waals surface area contributed by atoms with Gasteiger partial charge in [0.1, 0.15) is 11.5 Å². The largest absolute Gasteiger partial charge is 0.497 e. The predicted molar refractivity (Wildman–Crippen MR) is 92.1 cm³/mol. The molecule has 1 aromatic carbocycles. The second-order valence-corrected chi connectivity index (χ2v) is 8.34. The van der Waals surface area contributed by atoms with Crippen LogP contribution in [0.5, 0.6) is 5.75 Å². The number of ether oxygens (including phenoxy) is 1. The molecule has 0 aromatic heterocycles. The Morgan fingerprint density at radius 2 is 1.96 bits per heavy atom. The van der Waals surface area contributed by atoms with Crippen molar-refractivity contribution in [1.82, 2.24) is 4.90 Å². The molecule has 1 saturated heterocycles. The number of carboxylic acid groups (broad SMARTS) is 1. The molecule has 1 N–H and O–H groups in total. The number of hydrogen-bond acceptors (Lipinski definition) is 5. The molecule has 0 radical (unpaired) electrons. The van der Waals surface area contributed by atoms with Gasteiger partial charge < -0.3 is 9.84 Å². The van der Waals surface area contributed by atoms with E-state index in [-0.39, 0.29) is 11.8 Å². The molecule has 1 aliphatic heterocycles. The number of hydrogen-bond donors (Lipinski definition) is 1. The summed E-state index contributed by atoms with van der Waals surface area (Å²) in [5, 5.41) is 8.71. The lowest BCUT2D eigenvalue weighted by Gasteiger charge is -2.30. The van der Waals surface area contributed by atoms with Gasteiger partial charge in [0.15, 0.2) is 9.84 Å². The standard InChI is InChI=1S/C17H25NO5S/c1-23-15-8-6-14(7-9-15)16-5-3-2-4-10-18(16)11-12-24(21,22)13-17(19)20/h6-9,16H,2-5,10-13H2,1H3,(H,19,20). The second kappa shape index (κ2) is 8.48. The number of carbonyl (C=O) groups is 1. The normalized spacial score (nSPS) is 19.6. The zero-order valence-electron chi connectivity index (χ0n) is 14.0. The van der Waals surface area contributed by atoms with Crippen molar-refractivity contribution < 1.29 is 23.1 Å². The number of likely N-dealkylation sites (tertiary alicyclic amines) is 1. The molecule has 7 heteroatoms. The minimum absolute atomic E-state index is 0.119. The van der Waals surface area contributed by atoms with E-state index in [0.29, 0.717) is 6.54 Å². The van der Waals surface area contributed by atoms with Gasteiger partial charge in [-0.25, -0.2) is 8.42 Å². The Morgan fingerprint density at radius 1 is 1.25 bits per heavy atom. The number of carboxylic acids is 1. The zero-order valence-corrected chi connectivity index (χ0v) is 14.8. The van der Waals surface area contributed by atoms with Crippen molar-refractivity contribution >= 4 is 15.8 Å². The van der Waals surface area contributed by atoms with E-state index in [9.17, 15) is 13.2 Å². The van der Waals surface area contributed by atoms with Gasteiger partial charge in [0.25, 0.3) is 0 Å². The molecule has 1 fully saturated rings. The number of aliphatic carboxylic acids is 1. The number of sulfone groups is 1. The van der Waals surface area contributed by atoms with Gasteiger partial charge >= 0.3 is 5.97 Å². The van der Waals surface area contributed by atoms with Crippen LogP contribution in [0.2, 0.25) is 0 Å². The van der Waals surface area contributed by atoms with E-state index in [2.05, 4.69) is 4.90 Å². The maximum atomic E-state index is 11.9. The average Bonchev–Trinajstić information content (AvgIpc) is 2.77. The zero-order chi connectivity index (χ0) is 17.6. The van der Waals surface area contributed by atoms with Crippen molar-refractivity contribution in [3.8, 4) is 5.75 Å². The molecule has 0 aliphatic carbocycles. The van der Waals surface area contributed by atoms with Crippen molar-refractivity contribution in [1.29, 1.82) is 0 Å². The quantitative estimate of drug-likeness (QED) is 0.806. The van der Waals surface area contributed by atoms with Gasteiger partial charge in [-0.15, -0.1) is 0 Å². The van der Waals surface area contributed by atoms with E-state index in [4.69, 9.17) is 9.84 Å². The summed E-state index contributed by atoms with van der Waals surface area (Å²) in [4.78, 5) is 12.8. The summed E-state index contributed by atoms with van der Waals surface area (Å²) >= 11 is 0. The number of rotatable bonds is 7. The molecular formula is C17H25NO5S. The summed E-state index contributed by atoms with van der Waals surface area (Å²) < 4.78 is 28.9. The summed E-state index contributed by atoms with van der Waals surface area (Å²) in [6.07, 6.45) is 4.25. The molecule has 1 aliphatic rings. The highest BCUT2D eigenvalue weighted by atomic mass is 32.2. The summed E-state index contributed by atoms with van der Waals surface area (Å²) in [6, 6.07) is 8.04. The van der Waals surface area contributed by atoms with Crippen LogP contribution in [0, 0.1) is 0 Å². The van der Waals surface area contributed by atoms with Crippen LogP contribution in [0.25, 0.3) is 0 Å². The van der Waals surface area contributed by atoms with Gasteiger partial charge in [0, 0.05) is 12.6 Å². The topological polar surface area (TPSA) is 83.9 Å². The summed E-state index contributed by atoms with van der Waals surface area (Å²) in [5.41, 5.74) is 1.15. The first-order valence-electron chi connectivity index (χ1n) is 8.21. The molecule has 0 amide bonds. The maximum absolute atomic E-state index is 11.9. The third-order valence-corrected chi connectivity index (χ3v) is 5.89. The highest BCUT2D eigenvalue weighted by Gasteiger charge is 2.25. The van der Waals surface area contributed by atoms with Crippen molar-refractivity contribution in [2.75, 3.05) is 31.7 Å². The third-order valence-electron chi connectivity index (χ3n) is 4.40. The van der Waals surface area contributed by atoms with Crippen LogP contribution in [0.3, 0.4) is 0 Å². The molecule has 24 heavy (non-hydrogen) atoms. The fourth-order valence-corrected chi connectivity index (χ4v) is 4.19. The first kappa shape index (κ1) is 18.7. The van der Waals surface area contributed by atoms with Gasteiger partial charge in [-0.2, -0.15) is 0 Å². The highest BCUT2D eigenvalue weighted by molar-refractivity contribution is 7.92. The molecule has 0 spiro atoms. The van der Waals surface area contributed by atoms with Crippen LogP contribution in [0.1, 0.15) is 37.3 Å². The smallest absolute Gasteiger partial charge is 0.318 e. The minimum atomic E-state index is -3.57. The van der Waals surface area contributed by atoms with Crippen LogP contribution >= 0.6 is 0 Å². The van der Waals surface area contributed by atoms with E-state index in [1.807, 2.05) is 24.3 Å². The van der Waals surface area contributed by atoms with Gasteiger partial charge in [-0.1, -0.05) is 25.0 Å². The third kappa shape index (κ3) is 5.49. The first-order valence-corrected chi connectivity index (χ1v) is 10.0. The van der Waals surface area contributed by atoms with Gasteiger partial charge in [-0.3, -0.25) is 9.69 Å². The average molecular weight is 355 g/mol. The van der Waals surface area contributed by atoms with Gasteiger partial charge in [-0.05, 0) is 37.1 Å². The van der Waals surface area contributed by atoms with Crippen molar-refractivity contribution in [2.45, 2.75) is 31.7 Å². The molecule has 0 saturated carbocycles. The Kier molecular flexibility index (Phi) is 6.62. The maximum Gasteiger partial charge on any atom is 0.318 e. The number of benzene rings is 1. The van der Waals surface area contributed by atoms with Crippen LogP contribution in [-0.2, 0) is 14.6 Å². The van der Waals surface area contributed by atoms with Crippen molar-refractivity contribution in [3.05, 3.63) is 29.8 Å². The summed E-state index contributed by atoms with van der Waals surface area (Å²) in [5.74, 6) is -1.42. The molecule has 0 bridgehead atoms. The molecule has 1 heterocycles. The van der Waals surface area contributed by atoms with Crippen LogP contribution in [-0.4, -0.2) is 56.1 Å². The highest BCUT2D eigenvalue weighted by Crippen LogP contribution is 2.31. The Bertz CT molecular complexity index is 641.